The lowest BCUT2D eigenvalue weighted by molar-refractivity contribution is -0.118. The number of para-hydroxylation sites is 1. The minimum Gasteiger partial charge on any atom is -0.493 e. The second kappa shape index (κ2) is 7.05. The van der Waals surface area contributed by atoms with Crippen molar-refractivity contribution in [1.82, 2.24) is 0 Å². The molecule has 132 valence electrons. The first-order valence-electron chi connectivity index (χ1n) is 8.27. The lowest BCUT2D eigenvalue weighted by Gasteiger charge is -2.23. The third-order valence-corrected chi connectivity index (χ3v) is 4.56. The van der Waals surface area contributed by atoms with E-state index in [1.165, 1.54) is 5.56 Å². The predicted octanol–water partition coefficient (Wildman–Crippen LogP) is 3.23. The Kier molecular flexibility index (Phi) is 4.83. The van der Waals surface area contributed by atoms with Gasteiger partial charge in [0.1, 0.15) is 0 Å². The van der Waals surface area contributed by atoms with Crippen LogP contribution in [0.25, 0.3) is 0 Å². The first-order valence-corrected chi connectivity index (χ1v) is 8.27. The number of rotatable bonds is 5. The maximum atomic E-state index is 13.0. The summed E-state index contributed by atoms with van der Waals surface area (Å²) in [5.41, 5.74) is 3.05. The number of carbonyl (C=O) groups is 1. The highest BCUT2D eigenvalue weighted by Crippen LogP contribution is 2.39. The van der Waals surface area contributed by atoms with Gasteiger partial charge in [0.2, 0.25) is 11.7 Å². The van der Waals surface area contributed by atoms with Crippen LogP contribution in [0.15, 0.2) is 36.4 Å². The molecule has 3 rings (SSSR count). The summed E-state index contributed by atoms with van der Waals surface area (Å²) in [6.07, 6.45) is 1.16. The molecule has 1 unspecified atom stereocenters. The fourth-order valence-corrected chi connectivity index (χ4v) is 3.44. The molecule has 0 aliphatic carbocycles. The van der Waals surface area contributed by atoms with Crippen molar-refractivity contribution in [2.75, 3.05) is 26.2 Å². The van der Waals surface area contributed by atoms with Crippen molar-refractivity contribution in [3.63, 3.8) is 0 Å². The Morgan fingerprint density at radius 1 is 1.08 bits per heavy atom. The summed E-state index contributed by atoms with van der Waals surface area (Å²) in [7, 11) is 4.71. The van der Waals surface area contributed by atoms with Gasteiger partial charge in [-0.1, -0.05) is 18.2 Å². The van der Waals surface area contributed by atoms with Gasteiger partial charge in [0.15, 0.2) is 11.5 Å². The van der Waals surface area contributed by atoms with Crippen LogP contribution in [0.1, 0.15) is 18.1 Å². The number of nitrogens with zero attached hydrogens (tertiary/aromatic N) is 1. The molecule has 1 aliphatic rings. The molecule has 2 aromatic carbocycles. The number of anilines is 1. The minimum atomic E-state index is 0.0618. The van der Waals surface area contributed by atoms with Gasteiger partial charge in [0, 0.05) is 11.7 Å². The Morgan fingerprint density at radius 3 is 2.32 bits per heavy atom. The summed E-state index contributed by atoms with van der Waals surface area (Å²) in [6, 6.07) is 11.9. The lowest BCUT2D eigenvalue weighted by Crippen LogP contribution is -2.36. The molecule has 0 spiro atoms. The van der Waals surface area contributed by atoms with Crippen LogP contribution >= 0.6 is 0 Å². The fraction of sp³-hybridized carbons (Fsp3) is 0.350. The van der Waals surface area contributed by atoms with Crippen LogP contribution in [-0.4, -0.2) is 33.3 Å². The molecule has 1 aliphatic heterocycles. The van der Waals surface area contributed by atoms with E-state index in [0.717, 1.165) is 17.7 Å². The normalized spacial score (nSPS) is 15.7. The van der Waals surface area contributed by atoms with Crippen LogP contribution in [-0.2, 0) is 17.6 Å². The third-order valence-electron chi connectivity index (χ3n) is 4.56. The smallest absolute Gasteiger partial charge is 0.231 e. The maximum absolute atomic E-state index is 13.0. The molecule has 0 saturated heterocycles. The summed E-state index contributed by atoms with van der Waals surface area (Å²) >= 11 is 0. The first-order chi connectivity index (χ1) is 12.1. The monoisotopic (exact) mass is 341 g/mol. The number of fused-ring (bicyclic) bond motifs is 1. The Bertz CT molecular complexity index is 762. The van der Waals surface area contributed by atoms with Gasteiger partial charge >= 0.3 is 0 Å². The summed E-state index contributed by atoms with van der Waals surface area (Å²) in [4.78, 5) is 14.8. The number of benzene rings is 2. The topological polar surface area (TPSA) is 48.0 Å². The quantitative estimate of drug-likeness (QED) is 0.838. The molecule has 1 atom stereocenters. The van der Waals surface area contributed by atoms with Crippen molar-refractivity contribution < 1.29 is 19.0 Å². The van der Waals surface area contributed by atoms with Gasteiger partial charge in [-0.25, -0.2) is 0 Å². The molecular formula is C20H23NO4. The average Bonchev–Trinajstić information content (AvgIpc) is 2.96. The van der Waals surface area contributed by atoms with Gasteiger partial charge in [0.25, 0.3) is 0 Å². The van der Waals surface area contributed by atoms with Gasteiger partial charge in [0.05, 0.1) is 27.8 Å². The van der Waals surface area contributed by atoms with E-state index >= 15 is 0 Å². The van der Waals surface area contributed by atoms with Gasteiger partial charge in [-0.15, -0.1) is 0 Å². The number of ether oxygens (including phenoxy) is 3. The average molecular weight is 341 g/mol. The SMILES string of the molecule is COc1cc(CC(=O)N2c3ccccc3CC2C)cc(OC)c1OC. The van der Waals surface area contributed by atoms with Crippen molar-refractivity contribution in [3.05, 3.63) is 47.5 Å². The molecule has 0 saturated carbocycles. The molecule has 0 fully saturated rings. The maximum Gasteiger partial charge on any atom is 0.231 e. The highest BCUT2D eigenvalue weighted by atomic mass is 16.5. The summed E-state index contributed by atoms with van der Waals surface area (Å²) in [5, 5.41) is 0. The van der Waals surface area contributed by atoms with Gasteiger partial charge in [-0.3, -0.25) is 4.79 Å². The molecule has 25 heavy (non-hydrogen) atoms. The molecule has 2 aromatic rings. The number of hydrogen-bond acceptors (Lipinski definition) is 4. The lowest BCUT2D eigenvalue weighted by atomic mass is 10.1. The zero-order valence-corrected chi connectivity index (χ0v) is 15.0. The second-order valence-electron chi connectivity index (χ2n) is 6.16. The number of methoxy groups -OCH3 is 3. The van der Waals surface area contributed by atoms with Crippen LogP contribution in [0.4, 0.5) is 5.69 Å². The Morgan fingerprint density at radius 2 is 1.72 bits per heavy atom. The van der Waals surface area contributed by atoms with Crippen molar-refractivity contribution >= 4 is 11.6 Å². The van der Waals surface area contributed by atoms with E-state index in [1.807, 2.05) is 35.2 Å². The molecule has 0 bridgehead atoms. The van der Waals surface area contributed by atoms with E-state index in [2.05, 4.69) is 13.0 Å². The van der Waals surface area contributed by atoms with Gasteiger partial charge in [-0.05, 0) is 42.7 Å². The molecule has 1 heterocycles. The molecular weight excluding hydrogens is 318 g/mol. The summed E-state index contributed by atoms with van der Waals surface area (Å²) in [5.74, 6) is 1.70. The van der Waals surface area contributed by atoms with Crippen LogP contribution in [0.5, 0.6) is 17.2 Å². The van der Waals surface area contributed by atoms with Crippen LogP contribution < -0.4 is 19.1 Å². The fourth-order valence-electron chi connectivity index (χ4n) is 3.44. The molecule has 0 aromatic heterocycles. The van der Waals surface area contributed by atoms with Gasteiger partial charge in [-0.2, -0.15) is 0 Å². The highest BCUT2D eigenvalue weighted by Gasteiger charge is 2.30. The zero-order chi connectivity index (χ0) is 18.0. The predicted molar refractivity (Wildman–Crippen MR) is 96.9 cm³/mol. The van der Waals surface area contributed by atoms with Crippen LogP contribution in [0, 0.1) is 0 Å². The van der Waals surface area contributed by atoms with E-state index in [-0.39, 0.29) is 18.4 Å². The van der Waals surface area contributed by atoms with E-state index in [0.29, 0.717) is 17.2 Å². The first kappa shape index (κ1) is 17.1. The Hall–Kier alpha value is -2.69. The zero-order valence-electron chi connectivity index (χ0n) is 15.0. The highest BCUT2D eigenvalue weighted by molar-refractivity contribution is 5.97. The van der Waals surface area contributed by atoms with Crippen LogP contribution in [0.2, 0.25) is 0 Å². The summed E-state index contributed by atoms with van der Waals surface area (Å²) in [6.45, 7) is 2.08. The number of amides is 1. The third kappa shape index (κ3) is 3.14. The number of carbonyl (C=O) groups excluding carboxylic acids is 1. The van der Waals surface area contributed by atoms with Crippen molar-refractivity contribution in [2.24, 2.45) is 0 Å². The Balaban J connectivity index is 1.89. The number of hydrogen-bond donors (Lipinski definition) is 0. The molecule has 5 nitrogen and oxygen atoms in total. The molecule has 5 heteroatoms. The Labute approximate surface area is 148 Å². The van der Waals surface area contributed by atoms with Gasteiger partial charge < -0.3 is 19.1 Å². The summed E-state index contributed by atoms with van der Waals surface area (Å²) < 4.78 is 16.1. The van der Waals surface area contributed by atoms with Crippen molar-refractivity contribution in [3.8, 4) is 17.2 Å². The molecule has 0 N–H and O–H groups in total. The van der Waals surface area contributed by atoms with Crippen LogP contribution in [0.3, 0.4) is 0 Å². The van der Waals surface area contributed by atoms with E-state index in [4.69, 9.17) is 14.2 Å². The van der Waals surface area contributed by atoms with Crippen molar-refractivity contribution in [2.45, 2.75) is 25.8 Å². The van der Waals surface area contributed by atoms with E-state index in [1.54, 1.807) is 21.3 Å². The van der Waals surface area contributed by atoms with E-state index < -0.39 is 0 Å². The molecule has 0 radical (unpaired) electrons. The van der Waals surface area contributed by atoms with Crippen molar-refractivity contribution in [1.29, 1.82) is 0 Å². The minimum absolute atomic E-state index is 0.0618. The van der Waals surface area contributed by atoms with E-state index in [9.17, 15) is 4.79 Å². The standard InChI is InChI=1S/C20H23NO4/c1-13-9-15-7-5-6-8-16(15)21(13)19(22)12-14-10-17(23-2)20(25-4)18(11-14)24-3/h5-8,10-11,13H,9,12H2,1-4H3. The largest absolute Gasteiger partial charge is 0.493 e. The second-order valence-corrected chi connectivity index (χ2v) is 6.16. The molecule has 1 amide bonds.